The minimum Gasteiger partial charge on any atom is -0.353 e. The standard InChI is InChI=1S/C17H35N3O/c1-5-20(6-2)12-8-10-14(4)19-17(21)16-13(3)9-7-11-15(16)18/h13-16H,5-12,18H2,1-4H3,(H,19,21). The van der Waals surface area contributed by atoms with Gasteiger partial charge in [-0.1, -0.05) is 27.2 Å². The predicted octanol–water partition coefficient (Wildman–Crippen LogP) is 2.38. The van der Waals surface area contributed by atoms with E-state index in [0.29, 0.717) is 5.92 Å². The van der Waals surface area contributed by atoms with Gasteiger partial charge in [-0.3, -0.25) is 4.79 Å². The summed E-state index contributed by atoms with van der Waals surface area (Å²) in [5.41, 5.74) is 6.15. The Balaban J connectivity index is 2.32. The van der Waals surface area contributed by atoms with Gasteiger partial charge in [0.05, 0.1) is 5.92 Å². The number of hydrogen-bond acceptors (Lipinski definition) is 3. The Morgan fingerprint density at radius 3 is 2.57 bits per heavy atom. The quantitative estimate of drug-likeness (QED) is 0.723. The van der Waals surface area contributed by atoms with E-state index in [2.05, 4.69) is 37.9 Å². The molecule has 1 fully saturated rings. The van der Waals surface area contributed by atoms with Crippen molar-refractivity contribution in [3.05, 3.63) is 0 Å². The maximum absolute atomic E-state index is 12.4. The molecule has 0 aromatic carbocycles. The molecule has 1 amide bonds. The van der Waals surface area contributed by atoms with Crippen LogP contribution in [-0.2, 0) is 4.79 Å². The number of rotatable bonds is 8. The van der Waals surface area contributed by atoms with Crippen molar-refractivity contribution in [3.63, 3.8) is 0 Å². The monoisotopic (exact) mass is 297 g/mol. The van der Waals surface area contributed by atoms with E-state index in [-0.39, 0.29) is 23.9 Å². The van der Waals surface area contributed by atoms with Crippen LogP contribution < -0.4 is 11.1 Å². The molecule has 4 unspecified atom stereocenters. The van der Waals surface area contributed by atoms with Gasteiger partial charge in [0, 0.05) is 12.1 Å². The molecule has 0 aromatic heterocycles. The second-order valence-corrected chi connectivity index (χ2v) is 6.68. The lowest BCUT2D eigenvalue weighted by atomic mass is 9.76. The molecule has 0 bridgehead atoms. The van der Waals surface area contributed by atoms with Crippen LogP contribution in [0.5, 0.6) is 0 Å². The fourth-order valence-electron chi connectivity index (χ4n) is 3.48. The summed E-state index contributed by atoms with van der Waals surface area (Å²) in [6.07, 6.45) is 5.44. The fourth-order valence-corrected chi connectivity index (χ4v) is 3.48. The number of amides is 1. The van der Waals surface area contributed by atoms with Crippen LogP contribution >= 0.6 is 0 Å². The number of nitrogens with zero attached hydrogens (tertiary/aromatic N) is 1. The van der Waals surface area contributed by atoms with Gasteiger partial charge in [-0.05, 0) is 58.2 Å². The predicted molar refractivity (Wildman–Crippen MR) is 89.1 cm³/mol. The molecule has 1 saturated carbocycles. The number of carbonyl (C=O) groups excluding carboxylic acids is 1. The first kappa shape index (κ1) is 18.4. The number of nitrogens with two attached hydrogens (primary N) is 1. The Morgan fingerprint density at radius 2 is 2.00 bits per heavy atom. The van der Waals surface area contributed by atoms with Crippen molar-refractivity contribution in [2.24, 2.45) is 17.6 Å². The molecular formula is C17H35N3O. The Labute approximate surface area is 130 Å². The van der Waals surface area contributed by atoms with Gasteiger partial charge in [-0.25, -0.2) is 0 Å². The van der Waals surface area contributed by atoms with Gasteiger partial charge in [0.2, 0.25) is 5.91 Å². The van der Waals surface area contributed by atoms with Crippen LogP contribution in [0, 0.1) is 11.8 Å². The van der Waals surface area contributed by atoms with Crippen LogP contribution in [0.25, 0.3) is 0 Å². The molecular weight excluding hydrogens is 262 g/mol. The molecule has 4 atom stereocenters. The highest BCUT2D eigenvalue weighted by atomic mass is 16.2. The maximum atomic E-state index is 12.4. The van der Waals surface area contributed by atoms with E-state index < -0.39 is 0 Å². The highest BCUT2D eigenvalue weighted by Crippen LogP contribution is 2.29. The first-order valence-electron chi connectivity index (χ1n) is 8.77. The van der Waals surface area contributed by atoms with Crippen molar-refractivity contribution in [3.8, 4) is 0 Å². The molecule has 0 aromatic rings. The second-order valence-electron chi connectivity index (χ2n) is 6.68. The zero-order valence-electron chi connectivity index (χ0n) is 14.4. The van der Waals surface area contributed by atoms with Crippen LogP contribution in [0.15, 0.2) is 0 Å². The summed E-state index contributed by atoms with van der Waals surface area (Å²) >= 11 is 0. The zero-order valence-corrected chi connectivity index (χ0v) is 14.4. The Bertz CT molecular complexity index is 294. The molecule has 0 radical (unpaired) electrons. The average Bonchev–Trinajstić information content (AvgIpc) is 2.43. The second kappa shape index (κ2) is 9.42. The van der Waals surface area contributed by atoms with Gasteiger partial charge < -0.3 is 16.0 Å². The molecule has 3 N–H and O–H groups in total. The molecule has 4 nitrogen and oxygen atoms in total. The fraction of sp³-hybridized carbons (Fsp3) is 0.941. The van der Waals surface area contributed by atoms with Crippen LogP contribution in [0.2, 0.25) is 0 Å². The summed E-state index contributed by atoms with van der Waals surface area (Å²) in [5, 5.41) is 3.18. The summed E-state index contributed by atoms with van der Waals surface area (Å²) in [4.78, 5) is 14.9. The van der Waals surface area contributed by atoms with Crippen LogP contribution in [0.4, 0.5) is 0 Å². The topological polar surface area (TPSA) is 58.4 Å². The Hall–Kier alpha value is -0.610. The van der Waals surface area contributed by atoms with Gasteiger partial charge in [-0.15, -0.1) is 0 Å². The smallest absolute Gasteiger partial charge is 0.225 e. The third-order valence-electron chi connectivity index (χ3n) is 4.97. The Kier molecular flexibility index (Phi) is 8.27. The molecule has 0 aliphatic heterocycles. The zero-order chi connectivity index (χ0) is 15.8. The summed E-state index contributed by atoms with van der Waals surface area (Å²) in [6.45, 7) is 12.0. The van der Waals surface area contributed by atoms with E-state index in [1.54, 1.807) is 0 Å². The van der Waals surface area contributed by atoms with Gasteiger partial charge in [0.1, 0.15) is 0 Å². The van der Waals surface area contributed by atoms with E-state index in [9.17, 15) is 4.79 Å². The summed E-state index contributed by atoms with van der Waals surface area (Å²) in [6, 6.07) is 0.283. The van der Waals surface area contributed by atoms with E-state index >= 15 is 0 Å². The molecule has 1 rings (SSSR count). The first-order valence-corrected chi connectivity index (χ1v) is 8.77. The molecule has 21 heavy (non-hydrogen) atoms. The van der Waals surface area contributed by atoms with Gasteiger partial charge >= 0.3 is 0 Å². The molecule has 4 heteroatoms. The highest BCUT2D eigenvalue weighted by molar-refractivity contribution is 5.80. The summed E-state index contributed by atoms with van der Waals surface area (Å²) < 4.78 is 0. The first-order chi connectivity index (χ1) is 9.99. The van der Waals surface area contributed by atoms with Crippen LogP contribution in [0.1, 0.15) is 59.8 Å². The van der Waals surface area contributed by atoms with Gasteiger partial charge in [0.25, 0.3) is 0 Å². The average molecular weight is 297 g/mol. The minimum absolute atomic E-state index is 0.00369. The van der Waals surface area contributed by atoms with Crippen molar-refractivity contribution in [2.45, 2.75) is 71.9 Å². The highest BCUT2D eigenvalue weighted by Gasteiger charge is 2.34. The number of hydrogen-bond donors (Lipinski definition) is 2. The number of nitrogens with one attached hydrogen (secondary N) is 1. The molecule has 0 saturated heterocycles. The molecule has 1 aliphatic rings. The van der Waals surface area contributed by atoms with Gasteiger partial charge in [0.15, 0.2) is 0 Å². The maximum Gasteiger partial charge on any atom is 0.225 e. The SMILES string of the molecule is CCN(CC)CCCC(C)NC(=O)C1C(C)CCCC1N. The van der Waals surface area contributed by atoms with Crippen LogP contribution in [0.3, 0.4) is 0 Å². The molecule has 1 aliphatic carbocycles. The third kappa shape index (κ3) is 5.95. The molecule has 0 spiro atoms. The van der Waals surface area contributed by atoms with E-state index in [1.165, 1.54) is 0 Å². The Morgan fingerprint density at radius 1 is 1.33 bits per heavy atom. The van der Waals surface area contributed by atoms with Gasteiger partial charge in [-0.2, -0.15) is 0 Å². The lowest BCUT2D eigenvalue weighted by Gasteiger charge is -2.34. The van der Waals surface area contributed by atoms with Crippen molar-refractivity contribution in [1.82, 2.24) is 10.2 Å². The summed E-state index contributed by atoms with van der Waals surface area (Å²) in [7, 11) is 0. The van der Waals surface area contributed by atoms with Crippen molar-refractivity contribution < 1.29 is 4.79 Å². The summed E-state index contributed by atoms with van der Waals surface area (Å²) in [5.74, 6) is 0.589. The number of carbonyl (C=O) groups is 1. The van der Waals surface area contributed by atoms with E-state index in [4.69, 9.17) is 5.73 Å². The molecule has 124 valence electrons. The largest absolute Gasteiger partial charge is 0.353 e. The van der Waals surface area contributed by atoms with Crippen molar-refractivity contribution in [1.29, 1.82) is 0 Å². The van der Waals surface area contributed by atoms with Crippen LogP contribution in [-0.4, -0.2) is 42.5 Å². The third-order valence-corrected chi connectivity index (χ3v) is 4.97. The minimum atomic E-state index is 0.00369. The normalized spacial score (nSPS) is 27.6. The van der Waals surface area contributed by atoms with E-state index in [0.717, 1.165) is 51.7 Å². The lowest BCUT2D eigenvalue weighted by Crippen LogP contribution is -2.49. The lowest BCUT2D eigenvalue weighted by molar-refractivity contribution is -0.128. The van der Waals surface area contributed by atoms with Crippen molar-refractivity contribution >= 4 is 5.91 Å². The van der Waals surface area contributed by atoms with E-state index in [1.807, 2.05) is 0 Å². The van der Waals surface area contributed by atoms with Crippen molar-refractivity contribution in [2.75, 3.05) is 19.6 Å². The molecule has 0 heterocycles.